The van der Waals surface area contributed by atoms with Crippen molar-refractivity contribution >= 4 is 0 Å². The first kappa shape index (κ1) is 14.0. The minimum atomic E-state index is -0.234. The van der Waals surface area contributed by atoms with Crippen LogP contribution in [0.4, 0.5) is 4.39 Å². The molecule has 0 amide bonds. The fourth-order valence-corrected chi connectivity index (χ4v) is 1.91. The van der Waals surface area contributed by atoms with Crippen LogP contribution in [0.5, 0.6) is 5.75 Å². The second kappa shape index (κ2) is 6.69. The van der Waals surface area contributed by atoms with Gasteiger partial charge in [0.1, 0.15) is 17.6 Å². The molecule has 20 heavy (non-hydrogen) atoms. The van der Waals surface area contributed by atoms with E-state index in [0.29, 0.717) is 24.4 Å². The smallest absolute Gasteiger partial charge is 0.136 e. The lowest BCUT2D eigenvalue weighted by molar-refractivity contribution is 0.413. The second-order valence-corrected chi connectivity index (χ2v) is 4.38. The van der Waals surface area contributed by atoms with E-state index in [-0.39, 0.29) is 5.82 Å². The molecule has 102 valence electrons. The summed E-state index contributed by atoms with van der Waals surface area (Å²) in [5.41, 5.74) is 2.54. The summed E-state index contributed by atoms with van der Waals surface area (Å²) >= 11 is 0. The Morgan fingerprint density at radius 2 is 1.75 bits per heavy atom. The van der Waals surface area contributed by atoms with Crippen LogP contribution >= 0.6 is 0 Å². The molecule has 0 atom stereocenters. The van der Waals surface area contributed by atoms with Gasteiger partial charge in [-0.15, -0.1) is 0 Å². The monoisotopic (exact) mass is 270 g/mol. The normalized spacial score (nSPS) is 10.1. The van der Waals surface area contributed by atoms with E-state index in [1.54, 1.807) is 31.4 Å². The van der Waals surface area contributed by atoms with Crippen LogP contribution in [0.3, 0.4) is 0 Å². The average Bonchev–Trinajstić information content (AvgIpc) is 2.49. The minimum Gasteiger partial charge on any atom is -0.495 e. The molecule has 0 aliphatic heterocycles. The first-order chi connectivity index (χ1) is 9.72. The lowest BCUT2D eigenvalue weighted by Gasteiger charge is -2.08. The van der Waals surface area contributed by atoms with Crippen molar-refractivity contribution < 1.29 is 9.13 Å². The number of nitriles is 1. The van der Waals surface area contributed by atoms with E-state index in [9.17, 15) is 4.39 Å². The zero-order chi connectivity index (χ0) is 14.4. The number of ether oxygens (including phenoxy) is 1. The molecule has 2 aromatic carbocycles. The highest BCUT2D eigenvalue weighted by Gasteiger charge is 2.03. The lowest BCUT2D eigenvalue weighted by atomic mass is 10.1. The van der Waals surface area contributed by atoms with E-state index in [2.05, 4.69) is 11.4 Å². The van der Waals surface area contributed by atoms with Gasteiger partial charge in [0, 0.05) is 13.1 Å². The molecule has 0 aliphatic carbocycles. The first-order valence-corrected chi connectivity index (χ1v) is 6.25. The van der Waals surface area contributed by atoms with Gasteiger partial charge in [0.2, 0.25) is 0 Å². The number of nitrogens with one attached hydrogen (secondary N) is 1. The number of hydrogen-bond donors (Lipinski definition) is 1. The van der Waals surface area contributed by atoms with Gasteiger partial charge >= 0.3 is 0 Å². The van der Waals surface area contributed by atoms with E-state index >= 15 is 0 Å². The van der Waals surface area contributed by atoms with Gasteiger partial charge in [-0.25, -0.2) is 4.39 Å². The Labute approximate surface area is 117 Å². The van der Waals surface area contributed by atoms with Crippen molar-refractivity contribution in [2.45, 2.75) is 13.1 Å². The Balaban J connectivity index is 1.94. The number of rotatable bonds is 5. The van der Waals surface area contributed by atoms with Crippen LogP contribution in [-0.2, 0) is 13.1 Å². The van der Waals surface area contributed by atoms with Crippen LogP contribution in [0.25, 0.3) is 0 Å². The predicted octanol–water partition coefficient (Wildman–Crippen LogP) is 3.00. The maximum absolute atomic E-state index is 12.8. The molecule has 2 rings (SSSR count). The molecule has 4 heteroatoms. The Morgan fingerprint density at radius 1 is 1.10 bits per heavy atom. The number of halogens is 1. The second-order valence-electron chi connectivity index (χ2n) is 4.38. The summed E-state index contributed by atoms with van der Waals surface area (Å²) in [6.45, 7) is 1.28. The summed E-state index contributed by atoms with van der Waals surface area (Å²) in [5.74, 6) is 0.345. The summed E-state index contributed by atoms with van der Waals surface area (Å²) in [6, 6.07) is 14.0. The molecule has 0 unspecified atom stereocenters. The molecule has 1 N–H and O–H groups in total. The van der Waals surface area contributed by atoms with Crippen LogP contribution in [-0.4, -0.2) is 7.11 Å². The van der Waals surface area contributed by atoms with Gasteiger partial charge in [0.05, 0.1) is 12.7 Å². The number of nitrogens with zero attached hydrogens (tertiary/aromatic N) is 1. The van der Waals surface area contributed by atoms with E-state index in [1.165, 1.54) is 12.1 Å². The van der Waals surface area contributed by atoms with Gasteiger partial charge in [-0.1, -0.05) is 18.2 Å². The maximum Gasteiger partial charge on any atom is 0.136 e. The fourth-order valence-electron chi connectivity index (χ4n) is 1.91. The van der Waals surface area contributed by atoms with E-state index < -0.39 is 0 Å². The Kier molecular flexibility index (Phi) is 4.70. The summed E-state index contributed by atoms with van der Waals surface area (Å²) in [7, 11) is 1.54. The molecule has 0 aliphatic rings. The van der Waals surface area contributed by atoms with Gasteiger partial charge in [-0.3, -0.25) is 0 Å². The molecule has 0 spiro atoms. The summed E-state index contributed by atoms with van der Waals surface area (Å²) in [6.07, 6.45) is 0. The van der Waals surface area contributed by atoms with Gasteiger partial charge in [-0.2, -0.15) is 5.26 Å². The van der Waals surface area contributed by atoms with Crippen molar-refractivity contribution in [2.24, 2.45) is 0 Å². The van der Waals surface area contributed by atoms with Gasteiger partial charge < -0.3 is 10.1 Å². The van der Waals surface area contributed by atoms with Crippen LogP contribution in [0, 0.1) is 17.1 Å². The van der Waals surface area contributed by atoms with E-state index in [0.717, 1.165) is 11.1 Å². The molecule has 0 fully saturated rings. The zero-order valence-corrected chi connectivity index (χ0v) is 11.2. The van der Waals surface area contributed by atoms with Crippen molar-refractivity contribution in [3.05, 3.63) is 65.0 Å². The van der Waals surface area contributed by atoms with Crippen molar-refractivity contribution in [2.75, 3.05) is 7.11 Å². The molecule has 0 bridgehead atoms. The molecule has 0 aromatic heterocycles. The quantitative estimate of drug-likeness (QED) is 0.908. The van der Waals surface area contributed by atoms with Crippen LogP contribution in [0.15, 0.2) is 42.5 Å². The molecular weight excluding hydrogens is 255 g/mol. The molecule has 0 radical (unpaired) electrons. The van der Waals surface area contributed by atoms with Crippen molar-refractivity contribution in [3.63, 3.8) is 0 Å². The highest BCUT2D eigenvalue weighted by molar-refractivity contribution is 5.45. The van der Waals surface area contributed by atoms with Crippen LogP contribution in [0.2, 0.25) is 0 Å². The molecule has 2 aromatic rings. The molecule has 0 heterocycles. The predicted molar refractivity (Wildman–Crippen MR) is 74.7 cm³/mol. The lowest BCUT2D eigenvalue weighted by Crippen LogP contribution is -2.12. The topological polar surface area (TPSA) is 45.0 Å². The van der Waals surface area contributed by atoms with E-state index in [1.807, 2.05) is 6.07 Å². The number of hydrogen-bond acceptors (Lipinski definition) is 3. The summed E-state index contributed by atoms with van der Waals surface area (Å²) in [4.78, 5) is 0. The van der Waals surface area contributed by atoms with E-state index in [4.69, 9.17) is 10.00 Å². The Morgan fingerprint density at radius 3 is 2.40 bits per heavy atom. The third kappa shape index (κ3) is 3.56. The van der Waals surface area contributed by atoms with Crippen molar-refractivity contribution in [1.29, 1.82) is 5.26 Å². The van der Waals surface area contributed by atoms with Crippen LogP contribution < -0.4 is 10.1 Å². The zero-order valence-electron chi connectivity index (χ0n) is 11.2. The Bertz CT molecular complexity index is 617. The molecule has 0 saturated carbocycles. The van der Waals surface area contributed by atoms with Gasteiger partial charge in [0.15, 0.2) is 0 Å². The Hall–Kier alpha value is -2.38. The molecular formula is C16H15FN2O. The van der Waals surface area contributed by atoms with Crippen molar-refractivity contribution in [3.8, 4) is 11.8 Å². The van der Waals surface area contributed by atoms with Gasteiger partial charge in [0.25, 0.3) is 0 Å². The SMILES string of the molecule is COc1ccc(CNCc2ccc(F)cc2)cc1C#N. The maximum atomic E-state index is 12.8. The average molecular weight is 270 g/mol. The van der Waals surface area contributed by atoms with Crippen molar-refractivity contribution in [1.82, 2.24) is 5.32 Å². The summed E-state index contributed by atoms with van der Waals surface area (Å²) in [5, 5.41) is 12.3. The number of methoxy groups -OCH3 is 1. The third-order valence-corrected chi connectivity index (χ3v) is 2.96. The highest BCUT2D eigenvalue weighted by atomic mass is 19.1. The fraction of sp³-hybridized carbons (Fsp3) is 0.188. The number of benzene rings is 2. The molecule has 0 saturated heterocycles. The first-order valence-electron chi connectivity index (χ1n) is 6.25. The minimum absolute atomic E-state index is 0.234. The third-order valence-electron chi connectivity index (χ3n) is 2.96. The highest BCUT2D eigenvalue weighted by Crippen LogP contribution is 2.18. The standard InChI is InChI=1S/C16H15FN2O/c1-20-16-7-4-13(8-14(16)9-18)11-19-10-12-2-5-15(17)6-3-12/h2-8,19H,10-11H2,1H3. The molecule has 3 nitrogen and oxygen atoms in total. The largest absolute Gasteiger partial charge is 0.495 e. The summed E-state index contributed by atoms with van der Waals surface area (Å²) < 4.78 is 17.9. The van der Waals surface area contributed by atoms with Gasteiger partial charge in [-0.05, 0) is 35.4 Å². The van der Waals surface area contributed by atoms with Crippen LogP contribution in [0.1, 0.15) is 16.7 Å².